The number of thioether (sulfide) groups is 1. The molecule has 0 saturated carbocycles. The average molecular weight is 230 g/mol. The summed E-state index contributed by atoms with van der Waals surface area (Å²) in [5, 5.41) is 8.56. The van der Waals surface area contributed by atoms with Crippen LogP contribution in [-0.4, -0.2) is 27.9 Å². The normalized spacial score (nSPS) is 12.4. The van der Waals surface area contributed by atoms with Crippen molar-refractivity contribution in [3.63, 3.8) is 0 Å². The Morgan fingerprint density at radius 1 is 1.79 bits per heavy atom. The predicted octanol–water partition coefficient (Wildman–Crippen LogP) is 1.25. The molecule has 14 heavy (non-hydrogen) atoms. The number of hydrogen-bond acceptors (Lipinski definition) is 4. The molecule has 4 nitrogen and oxygen atoms in total. The Labute approximate surface area is 90.5 Å². The summed E-state index contributed by atoms with van der Waals surface area (Å²) in [5.41, 5.74) is 5.35. The zero-order chi connectivity index (χ0) is 10.6. The van der Waals surface area contributed by atoms with Gasteiger partial charge in [-0.2, -0.15) is 0 Å². The maximum atomic E-state index is 10.4. The molecule has 0 unspecified atom stereocenters. The number of hydrogen-bond donors (Lipinski definition) is 3. The van der Waals surface area contributed by atoms with E-state index in [2.05, 4.69) is 4.98 Å². The van der Waals surface area contributed by atoms with Crippen LogP contribution in [0, 0.1) is 4.64 Å². The minimum atomic E-state index is -0.997. The van der Waals surface area contributed by atoms with Crippen molar-refractivity contribution in [3.05, 3.63) is 23.0 Å². The average Bonchev–Trinajstić information content (AvgIpc) is 2.16. The summed E-state index contributed by atoms with van der Waals surface area (Å²) in [4.78, 5) is 14.1. The Morgan fingerprint density at radius 3 is 3.07 bits per heavy atom. The van der Waals surface area contributed by atoms with Crippen molar-refractivity contribution >= 4 is 29.9 Å². The summed E-state index contributed by atoms with van der Waals surface area (Å²) >= 11 is 6.35. The number of H-pyrrole nitrogens is 1. The summed E-state index contributed by atoms with van der Waals surface area (Å²) in [6.45, 7) is 0. The molecule has 1 heterocycles. The third kappa shape index (κ3) is 3.13. The molecule has 0 saturated heterocycles. The number of aromatic nitrogens is 1. The predicted molar refractivity (Wildman–Crippen MR) is 58.0 cm³/mol. The van der Waals surface area contributed by atoms with Crippen molar-refractivity contribution in [2.45, 2.75) is 10.9 Å². The number of carboxylic acids is 1. The number of nitrogens with two attached hydrogens (primary N) is 1. The van der Waals surface area contributed by atoms with E-state index < -0.39 is 12.0 Å². The van der Waals surface area contributed by atoms with E-state index in [0.717, 1.165) is 4.90 Å². The van der Waals surface area contributed by atoms with Crippen LogP contribution in [0.5, 0.6) is 0 Å². The van der Waals surface area contributed by atoms with E-state index >= 15 is 0 Å². The molecule has 0 spiro atoms. The summed E-state index contributed by atoms with van der Waals surface area (Å²) in [6, 6.07) is 2.79. The number of nitrogens with one attached hydrogen (secondary N) is 1. The van der Waals surface area contributed by atoms with Crippen LogP contribution in [0.25, 0.3) is 0 Å². The first-order valence-electron chi connectivity index (χ1n) is 3.90. The van der Waals surface area contributed by atoms with Crippen molar-refractivity contribution in [2.75, 3.05) is 5.75 Å². The summed E-state index contributed by atoms with van der Waals surface area (Å²) in [7, 11) is 0. The first-order chi connectivity index (χ1) is 6.61. The van der Waals surface area contributed by atoms with Crippen molar-refractivity contribution in [2.24, 2.45) is 5.73 Å². The van der Waals surface area contributed by atoms with Crippen LogP contribution in [0.15, 0.2) is 23.2 Å². The largest absolute Gasteiger partial charge is 0.480 e. The van der Waals surface area contributed by atoms with Gasteiger partial charge in [0.15, 0.2) is 0 Å². The smallest absolute Gasteiger partial charge is 0.321 e. The lowest BCUT2D eigenvalue weighted by Crippen LogP contribution is -2.32. The second-order valence-electron chi connectivity index (χ2n) is 2.62. The van der Waals surface area contributed by atoms with Gasteiger partial charge in [0.1, 0.15) is 10.7 Å². The fraction of sp³-hybridized carbons (Fsp3) is 0.250. The molecular formula is C8H10N2O2S2. The van der Waals surface area contributed by atoms with E-state index in [1.165, 1.54) is 11.8 Å². The molecule has 4 N–H and O–H groups in total. The standard InChI is InChI=1S/C8H10N2O2S2/c9-5(8(11)12)4-14-6-2-1-3-10-7(6)13/h1-3,5H,4,9H2,(H,10,13)(H,11,12)/t5-/m0/s1. The molecule has 0 amide bonds. The quantitative estimate of drug-likeness (QED) is 0.536. The Balaban J connectivity index is 2.58. The Morgan fingerprint density at radius 2 is 2.50 bits per heavy atom. The maximum absolute atomic E-state index is 10.4. The molecule has 1 aromatic heterocycles. The van der Waals surface area contributed by atoms with E-state index in [-0.39, 0.29) is 0 Å². The van der Waals surface area contributed by atoms with Crippen molar-refractivity contribution in [3.8, 4) is 0 Å². The molecular weight excluding hydrogens is 220 g/mol. The van der Waals surface area contributed by atoms with Gasteiger partial charge in [0.2, 0.25) is 0 Å². The number of rotatable bonds is 4. The Kier molecular flexibility index (Phi) is 4.12. The van der Waals surface area contributed by atoms with Gasteiger partial charge in [-0.25, -0.2) is 0 Å². The fourth-order valence-corrected chi connectivity index (χ4v) is 1.95. The van der Waals surface area contributed by atoms with E-state index in [1.54, 1.807) is 6.20 Å². The van der Waals surface area contributed by atoms with Gasteiger partial charge >= 0.3 is 5.97 Å². The molecule has 1 aromatic rings. The Hall–Kier alpha value is -0.850. The molecule has 0 bridgehead atoms. The molecule has 6 heteroatoms. The minimum absolute atomic E-state index is 0.316. The summed E-state index contributed by atoms with van der Waals surface area (Å²) < 4.78 is 0.607. The molecule has 76 valence electrons. The van der Waals surface area contributed by atoms with Crippen LogP contribution in [0.4, 0.5) is 0 Å². The summed E-state index contributed by atoms with van der Waals surface area (Å²) in [5.74, 6) is -0.681. The first kappa shape index (κ1) is 11.2. The highest BCUT2D eigenvalue weighted by Gasteiger charge is 2.11. The lowest BCUT2D eigenvalue weighted by molar-refractivity contribution is -0.137. The third-order valence-electron chi connectivity index (χ3n) is 1.52. The van der Waals surface area contributed by atoms with Crippen molar-refractivity contribution in [1.82, 2.24) is 4.98 Å². The van der Waals surface area contributed by atoms with Crippen LogP contribution < -0.4 is 5.73 Å². The van der Waals surface area contributed by atoms with Crippen LogP contribution >= 0.6 is 24.0 Å². The van der Waals surface area contributed by atoms with Gasteiger partial charge in [-0.15, -0.1) is 11.8 Å². The van der Waals surface area contributed by atoms with E-state index in [9.17, 15) is 4.79 Å². The monoisotopic (exact) mass is 230 g/mol. The lowest BCUT2D eigenvalue weighted by Gasteiger charge is -2.05. The van der Waals surface area contributed by atoms with Gasteiger partial charge in [0, 0.05) is 16.8 Å². The van der Waals surface area contributed by atoms with E-state index in [4.69, 9.17) is 23.1 Å². The molecule has 0 aliphatic carbocycles. The zero-order valence-corrected chi connectivity index (χ0v) is 8.90. The molecule has 0 fully saturated rings. The van der Waals surface area contributed by atoms with Gasteiger partial charge in [-0.3, -0.25) is 4.79 Å². The third-order valence-corrected chi connectivity index (χ3v) is 3.16. The van der Waals surface area contributed by atoms with Gasteiger partial charge in [-0.1, -0.05) is 12.2 Å². The van der Waals surface area contributed by atoms with Gasteiger partial charge in [-0.05, 0) is 12.1 Å². The first-order valence-corrected chi connectivity index (χ1v) is 5.29. The van der Waals surface area contributed by atoms with Crippen LogP contribution in [-0.2, 0) is 4.79 Å². The van der Waals surface area contributed by atoms with Crippen LogP contribution in [0.1, 0.15) is 0 Å². The molecule has 0 aromatic carbocycles. The second-order valence-corrected chi connectivity index (χ2v) is 4.09. The number of aliphatic carboxylic acids is 1. The molecule has 0 radical (unpaired) electrons. The maximum Gasteiger partial charge on any atom is 0.321 e. The lowest BCUT2D eigenvalue weighted by atomic mass is 10.4. The highest BCUT2D eigenvalue weighted by Crippen LogP contribution is 2.18. The molecule has 0 aliphatic rings. The van der Waals surface area contributed by atoms with Gasteiger partial charge in [0.25, 0.3) is 0 Å². The number of pyridine rings is 1. The van der Waals surface area contributed by atoms with E-state index in [1.807, 2.05) is 12.1 Å². The van der Waals surface area contributed by atoms with Crippen molar-refractivity contribution in [1.29, 1.82) is 0 Å². The van der Waals surface area contributed by atoms with Gasteiger partial charge < -0.3 is 15.8 Å². The SMILES string of the molecule is N[C@@H](CSc1ccc[nH]c1=S)C(=O)O. The van der Waals surface area contributed by atoms with Gasteiger partial charge in [0.05, 0.1) is 0 Å². The zero-order valence-electron chi connectivity index (χ0n) is 7.27. The highest BCUT2D eigenvalue weighted by atomic mass is 32.2. The second kappa shape index (κ2) is 5.14. The van der Waals surface area contributed by atoms with Crippen LogP contribution in [0.2, 0.25) is 0 Å². The topological polar surface area (TPSA) is 79.1 Å². The van der Waals surface area contributed by atoms with Crippen LogP contribution in [0.3, 0.4) is 0 Å². The molecule has 1 atom stereocenters. The van der Waals surface area contributed by atoms with E-state index in [0.29, 0.717) is 10.4 Å². The molecule has 1 rings (SSSR count). The Bertz CT molecular complexity index is 378. The molecule has 0 aliphatic heterocycles. The fourth-order valence-electron chi connectivity index (χ4n) is 0.771. The number of carboxylic acid groups (broad SMARTS) is 1. The van der Waals surface area contributed by atoms with Crippen molar-refractivity contribution < 1.29 is 9.90 Å². The highest BCUT2D eigenvalue weighted by molar-refractivity contribution is 7.99. The summed E-state index contributed by atoms with van der Waals surface area (Å²) in [6.07, 6.45) is 1.73. The minimum Gasteiger partial charge on any atom is -0.480 e. The number of aromatic amines is 1. The number of carbonyl (C=O) groups is 1.